The van der Waals surface area contributed by atoms with Crippen molar-refractivity contribution in [3.63, 3.8) is 0 Å². The van der Waals surface area contributed by atoms with Crippen LogP contribution in [0.2, 0.25) is 10.0 Å². The first-order valence-electron chi connectivity index (χ1n) is 6.32. The van der Waals surface area contributed by atoms with Crippen LogP contribution in [0.3, 0.4) is 0 Å². The molecule has 0 aliphatic carbocycles. The summed E-state index contributed by atoms with van der Waals surface area (Å²) in [6.45, 7) is 1.27. The lowest BCUT2D eigenvalue weighted by Gasteiger charge is -2.34. The van der Waals surface area contributed by atoms with Gasteiger partial charge in [0, 0.05) is 6.54 Å². The van der Waals surface area contributed by atoms with Crippen molar-refractivity contribution in [2.75, 3.05) is 24.7 Å². The number of primary amides is 1. The summed E-state index contributed by atoms with van der Waals surface area (Å²) >= 11 is 12.0. The Bertz CT molecular complexity index is 710. The van der Waals surface area contributed by atoms with Gasteiger partial charge in [0.15, 0.2) is 0 Å². The van der Waals surface area contributed by atoms with Crippen molar-refractivity contribution in [1.82, 2.24) is 9.97 Å². The van der Waals surface area contributed by atoms with Gasteiger partial charge in [0.05, 0.1) is 40.5 Å². The number of hydrogen-bond acceptors (Lipinski definition) is 5. The maximum Gasteiger partial charge on any atom is 0.242 e. The summed E-state index contributed by atoms with van der Waals surface area (Å²) in [5.74, 6) is 0.110. The number of nitrogens with zero attached hydrogens (tertiary/aromatic N) is 3. The molecule has 1 aliphatic rings. The number of anilines is 1. The number of benzene rings is 1. The van der Waals surface area contributed by atoms with Gasteiger partial charge in [-0.3, -0.25) is 9.78 Å². The molecule has 0 bridgehead atoms. The second kappa shape index (κ2) is 5.63. The van der Waals surface area contributed by atoms with Gasteiger partial charge in [-0.2, -0.15) is 0 Å². The van der Waals surface area contributed by atoms with Crippen LogP contribution in [0.1, 0.15) is 0 Å². The SMILES string of the molecule is NC(=O)[C@@H]1COCCN1c1cnc2cc(Cl)c(Cl)cc2n1. The van der Waals surface area contributed by atoms with Gasteiger partial charge in [0.1, 0.15) is 11.9 Å². The number of morpholine rings is 1. The first-order chi connectivity index (χ1) is 10.1. The number of carbonyl (C=O) groups is 1. The van der Waals surface area contributed by atoms with E-state index in [1.807, 2.05) is 0 Å². The third-order valence-electron chi connectivity index (χ3n) is 3.32. The second-order valence-electron chi connectivity index (χ2n) is 4.67. The number of amides is 1. The standard InChI is InChI=1S/C13H12Cl2N4O2/c14-7-3-9-10(4-8(7)15)18-12(5-17-9)19-1-2-21-6-11(19)13(16)20/h3-5,11H,1-2,6H2,(H2,16,20)/t11-/m0/s1. The summed E-state index contributed by atoms with van der Waals surface area (Å²) in [4.78, 5) is 22.1. The average molecular weight is 327 g/mol. The fourth-order valence-electron chi connectivity index (χ4n) is 2.25. The molecule has 2 N–H and O–H groups in total. The van der Waals surface area contributed by atoms with Crippen LogP contribution < -0.4 is 10.6 Å². The van der Waals surface area contributed by atoms with Crippen LogP contribution in [-0.4, -0.2) is 41.7 Å². The number of nitrogens with two attached hydrogens (primary N) is 1. The van der Waals surface area contributed by atoms with E-state index < -0.39 is 11.9 Å². The zero-order valence-corrected chi connectivity index (χ0v) is 12.4. The summed E-state index contributed by atoms with van der Waals surface area (Å²) in [5, 5.41) is 0.830. The predicted molar refractivity (Wildman–Crippen MR) is 80.7 cm³/mol. The molecule has 1 fully saturated rings. The fraction of sp³-hybridized carbons (Fsp3) is 0.308. The maximum atomic E-state index is 11.5. The van der Waals surface area contributed by atoms with E-state index in [-0.39, 0.29) is 6.61 Å². The summed E-state index contributed by atoms with van der Waals surface area (Å²) in [7, 11) is 0. The zero-order valence-electron chi connectivity index (χ0n) is 10.9. The smallest absolute Gasteiger partial charge is 0.242 e. The van der Waals surface area contributed by atoms with E-state index in [0.717, 1.165) is 0 Å². The quantitative estimate of drug-likeness (QED) is 0.907. The Morgan fingerprint density at radius 2 is 2.05 bits per heavy atom. The van der Waals surface area contributed by atoms with E-state index in [2.05, 4.69) is 9.97 Å². The van der Waals surface area contributed by atoms with Crippen LogP contribution in [0.5, 0.6) is 0 Å². The van der Waals surface area contributed by atoms with E-state index >= 15 is 0 Å². The van der Waals surface area contributed by atoms with Crippen LogP contribution >= 0.6 is 23.2 Å². The molecule has 21 heavy (non-hydrogen) atoms. The summed E-state index contributed by atoms with van der Waals surface area (Å²) in [6.07, 6.45) is 1.59. The van der Waals surface area contributed by atoms with Gasteiger partial charge in [0.25, 0.3) is 0 Å². The molecule has 8 heteroatoms. The minimum Gasteiger partial charge on any atom is -0.377 e. The molecule has 1 aromatic carbocycles. The van der Waals surface area contributed by atoms with E-state index in [0.29, 0.717) is 40.0 Å². The lowest BCUT2D eigenvalue weighted by Crippen LogP contribution is -2.53. The third-order valence-corrected chi connectivity index (χ3v) is 4.04. The van der Waals surface area contributed by atoms with Crippen LogP contribution in [0.15, 0.2) is 18.3 Å². The van der Waals surface area contributed by atoms with E-state index in [1.54, 1.807) is 23.2 Å². The molecule has 0 radical (unpaired) electrons. The lowest BCUT2D eigenvalue weighted by atomic mass is 10.2. The molecule has 0 saturated carbocycles. The maximum absolute atomic E-state index is 11.5. The molecule has 2 heterocycles. The molecule has 0 unspecified atom stereocenters. The van der Waals surface area contributed by atoms with Crippen LogP contribution in [0.4, 0.5) is 5.82 Å². The molecule has 1 amide bonds. The van der Waals surface area contributed by atoms with Gasteiger partial charge in [0.2, 0.25) is 5.91 Å². The van der Waals surface area contributed by atoms with Crippen molar-refractivity contribution in [3.8, 4) is 0 Å². The van der Waals surface area contributed by atoms with Gasteiger partial charge in [-0.15, -0.1) is 0 Å². The van der Waals surface area contributed by atoms with E-state index in [4.69, 9.17) is 33.7 Å². The van der Waals surface area contributed by atoms with Crippen molar-refractivity contribution in [2.45, 2.75) is 6.04 Å². The number of halogens is 2. The Balaban J connectivity index is 2.03. The van der Waals surface area contributed by atoms with Crippen molar-refractivity contribution in [3.05, 3.63) is 28.4 Å². The molecule has 1 aromatic heterocycles. The highest BCUT2D eigenvalue weighted by Gasteiger charge is 2.29. The Morgan fingerprint density at radius 3 is 2.76 bits per heavy atom. The number of rotatable bonds is 2. The Labute approximate surface area is 130 Å². The highest BCUT2D eigenvalue weighted by molar-refractivity contribution is 6.42. The number of hydrogen-bond donors (Lipinski definition) is 1. The molecule has 110 valence electrons. The highest BCUT2D eigenvalue weighted by Crippen LogP contribution is 2.27. The monoisotopic (exact) mass is 326 g/mol. The van der Waals surface area contributed by atoms with Gasteiger partial charge in [-0.1, -0.05) is 23.2 Å². The second-order valence-corrected chi connectivity index (χ2v) is 5.48. The normalized spacial score (nSPS) is 19.0. The topological polar surface area (TPSA) is 81.3 Å². The van der Waals surface area contributed by atoms with Gasteiger partial charge < -0.3 is 15.4 Å². The molecule has 1 saturated heterocycles. The minimum absolute atomic E-state index is 0.246. The lowest BCUT2D eigenvalue weighted by molar-refractivity contribution is -0.121. The van der Waals surface area contributed by atoms with Crippen molar-refractivity contribution in [2.24, 2.45) is 5.73 Å². The Kier molecular flexibility index (Phi) is 3.84. The molecule has 1 atom stereocenters. The van der Waals surface area contributed by atoms with Crippen molar-refractivity contribution < 1.29 is 9.53 Å². The molecule has 6 nitrogen and oxygen atoms in total. The summed E-state index contributed by atoms with van der Waals surface area (Å²) in [6, 6.07) is 2.75. The largest absolute Gasteiger partial charge is 0.377 e. The number of carbonyl (C=O) groups excluding carboxylic acids is 1. The number of aromatic nitrogens is 2. The fourth-order valence-corrected chi connectivity index (χ4v) is 2.57. The molecular formula is C13H12Cl2N4O2. The number of fused-ring (bicyclic) bond motifs is 1. The van der Waals surface area contributed by atoms with Gasteiger partial charge in [-0.05, 0) is 12.1 Å². The minimum atomic E-state index is -0.548. The summed E-state index contributed by atoms with van der Waals surface area (Å²) in [5.41, 5.74) is 6.65. The third kappa shape index (κ3) is 2.74. The molecule has 3 rings (SSSR count). The summed E-state index contributed by atoms with van der Waals surface area (Å²) < 4.78 is 5.29. The highest BCUT2D eigenvalue weighted by atomic mass is 35.5. The van der Waals surface area contributed by atoms with E-state index in [9.17, 15) is 4.79 Å². The van der Waals surface area contributed by atoms with Crippen LogP contribution in [0, 0.1) is 0 Å². The predicted octanol–water partition coefficient (Wildman–Crippen LogP) is 1.63. The van der Waals surface area contributed by atoms with Crippen molar-refractivity contribution in [1.29, 1.82) is 0 Å². The van der Waals surface area contributed by atoms with Crippen molar-refractivity contribution >= 4 is 46.0 Å². The molecule has 1 aliphatic heterocycles. The molecular weight excluding hydrogens is 315 g/mol. The number of ether oxygens (including phenoxy) is 1. The first-order valence-corrected chi connectivity index (χ1v) is 7.07. The first kappa shape index (κ1) is 14.3. The van der Waals surface area contributed by atoms with Crippen LogP contribution in [-0.2, 0) is 9.53 Å². The average Bonchev–Trinajstić information content (AvgIpc) is 2.48. The molecule has 0 spiro atoms. The van der Waals surface area contributed by atoms with Gasteiger partial charge in [-0.25, -0.2) is 4.98 Å². The Morgan fingerprint density at radius 1 is 1.33 bits per heavy atom. The van der Waals surface area contributed by atoms with Gasteiger partial charge >= 0.3 is 0 Å². The Hall–Kier alpha value is -1.63. The van der Waals surface area contributed by atoms with Crippen LogP contribution in [0.25, 0.3) is 11.0 Å². The van der Waals surface area contributed by atoms with E-state index in [1.165, 1.54) is 0 Å². The zero-order chi connectivity index (χ0) is 15.0. The molecule has 2 aromatic rings.